The second-order valence-electron chi connectivity index (χ2n) is 7.67. The smallest absolute Gasteiger partial charge is 0.264 e. The molecule has 3 rings (SSSR count). The predicted octanol–water partition coefficient (Wildman–Crippen LogP) is 5.42. The van der Waals surface area contributed by atoms with Crippen LogP contribution in [0.2, 0.25) is 5.02 Å². The first-order valence-electron chi connectivity index (χ1n) is 10.4. The minimum atomic E-state index is -3.99. The number of nitrogens with zero attached hydrogens (tertiary/aromatic N) is 1. The maximum Gasteiger partial charge on any atom is 0.264 e. The van der Waals surface area contributed by atoms with E-state index in [9.17, 15) is 13.2 Å². The zero-order chi connectivity index (χ0) is 23.3. The van der Waals surface area contributed by atoms with E-state index in [1.165, 1.54) is 24.3 Å². The third-order valence-corrected chi connectivity index (χ3v) is 7.45. The monoisotopic (exact) mass is 470 g/mol. The fourth-order valence-electron chi connectivity index (χ4n) is 3.41. The molecule has 168 valence electrons. The Morgan fingerprint density at radius 1 is 0.969 bits per heavy atom. The van der Waals surface area contributed by atoms with Crippen LogP contribution >= 0.6 is 11.6 Å². The van der Waals surface area contributed by atoms with Crippen LogP contribution in [0.3, 0.4) is 0 Å². The summed E-state index contributed by atoms with van der Waals surface area (Å²) in [7, 11) is -3.99. The van der Waals surface area contributed by atoms with Crippen molar-refractivity contribution < 1.29 is 13.2 Å². The summed E-state index contributed by atoms with van der Waals surface area (Å²) in [6, 6.07) is 20.7. The molecule has 5 nitrogen and oxygen atoms in total. The zero-order valence-electron chi connectivity index (χ0n) is 18.4. The summed E-state index contributed by atoms with van der Waals surface area (Å²) in [4.78, 5) is 13.1. The standard InChI is InChI=1S/C25H27ClN2O3S/c1-4-24(20-8-6-5-7-9-20)27-25(29)17-28(22-13-10-18(2)19(3)16-22)32(30,31)23-14-11-21(26)12-15-23/h5-16,24H,4,17H2,1-3H3,(H,27,29). The molecule has 0 saturated heterocycles. The summed E-state index contributed by atoms with van der Waals surface area (Å²) in [6.45, 7) is 5.50. The quantitative estimate of drug-likeness (QED) is 0.478. The van der Waals surface area contributed by atoms with Crippen LogP contribution in [-0.4, -0.2) is 20.9 Å². The fraction of sp³-hybridized carbons (Fsp3) is 0.240. The Hall–Kier alpha value is -2.83. The van der Waals surface area contributed by atoms with Gasteiger partial charge in [-0.3, -0.25) is 9.10 Å². The number of amides is 1. The molecular formula is C25H27ClN2O3S. The molecule has 0 fully saturated rings. The SMILES string of the molecule is CCC(NC(=O)CN(c1ccc(C)c(C)c1)S(=O)(=O)c1ccc(Cl)cc1)c1ccccc1. The largest absolute Gasteiger partial charge is 0.348 e. The van der Waals surface area contributed by atoms with Crippen LogP contribution in [-0.2, 0) is 14.8 Å². The molecule has 1 N–H and O–H groups in total. The van der Waals surface area contributed by atoms with Gasteiger partial charge in [0.15, 0.2) is 0 Å². The first-order chi connectivity index (χ1) is 15.2. The molecule has 32 heavy (non-hydrogen) atoms. The summed E-state index contributed by atoms with van der Waals surface area (Å²) < 4.78 is 28.2. The first-order valence-corrected chi connectivity index (χ1v) is 12.2. The van der Waals surface area contributed by atoms with Crippen molar-refractivity contribution >= 4 is 33.2 Å². The molecule has 0 aliphatic carbocycles. The molecular weight excluding hydrogens is 444 g/mol. The van der Waals surface area contributed by atoms with Crippen LogP contribution in [0.4, 0.5) is 5.69 Å². The Kier molecular flexibility index (Phi) is 7.59. The van der Waals surface area contributed by atoms with Crippen molar-refractivity contribution in [3.8, 4) is 0 Å². The van der Waals surface area contributed by atoms with E-state index in [0.29, 0.717) is 17.1 Å². The molecule has 0 bridgehead atoms. The average molecular weight is 471 g/mol. The Balaban J connectivity index is 1.94. The number of rotatable bonds is 8. The van der Waals surface area contributed by atoms with Crippen molar-refractivity contribution in [3.63, 3.8) is 0 Å². The van der Waals surface area contributed by atoms with Gasteiger partial charge in [-0.2, -0.15) is 0 Å². The summed E-state index contributed by atoms with van der Waals surface area (Å²) in [6.07, 6.45) is 0.684. The summed E-state index contributed by atoms with van der Waals surface area (Å²) in [5.74, 6) is -0.378. The maximum absolute atomic E-state index is 13.5. The summed E-state index contributed by atoms with van der Waals surface area (Å²) in [5.41, 5.74) is 3.39. The van der Waals surface area contributed by atoms with E-state index in [0.717, 1.165) is 21.0 Å². The van der Waals surface area contributed by atoms with Gasteiger partial charge in [0.05, 0.1) is 16.6 Å². The number of hydrogen-bond acceptors (Lipinski definition) is 3. The molecule has 0 aliphatic heterocycles. The van der Waals surface area contributed by atoms with Gasteiger partial charge in [0, 0.05) is 5.02 Å². The number of sulfonamides is 1. The van der Waals surface area contributed by atoms with Crippen molar-refractivity contribution in [1.29, 1.82) is 0 Å². The zero-order valence-corrected chi connectivity index (χ0v) is 20.0. The number of aryl methyl sites for hydroxylation is 2. The Morgan fingerprint density at radius 2 is 1.62 bits per heavy atom. The number of carbonyl (C=O) groups excluding carboxylic acids is 1. The topological polar surface area (TPSA) is 66.5 Å². The van der Waals surface area contributed by atoms with Gasteiger partial charge < -0.3 is 5.32 Å². The van der Waals surface area contributed by atoms with Crippen molar-refractivity contribution in [1.82, 2.24) is 5.32 Å². The molecule has 3 aromatic rings. The van der Waals surface area contributed by atoms with Gasteiger partial charge in [-0.1, -0.05) is 54.9 Å². The maximum atomic E-state index is 13.5. The summed E-state index contributed by atoms with van der Waals surface area (Å²) >= 11 is 5.94. The lowest BCUT2D eigenvalue weighted by molar-refractivity contribution is -0.120. The molecule has 0 aromatic heterocycles. The third kappa shape index (κ3) is 5.50. The highest BCUT2D eigenvalue weighted by molar-refractivity contribution is 7.92. The number of halogens is 1. The molecule has 0 radical (unpaired) electrons. The van der Waals surface area contributed by atoms with E-state index in [-0.39, 0.29) is 23.4 Å². The van der Waals surface area contributed by atoms with Crippen LogP contribution in [0.25, 0.3) is 0 Å². The van der Waals surface area contributed by atoms with E-state index in [1.54, 1.807) is 12.1 Å². The van der Waals surface area contributed by atoms with Crippen LogP contribution in [0.5, 0.6) is 0 Å². The van der Waals surface area contributed by atoms with Crippen molar-refractivity contribution in [2.75, 3.05) is 10.8 Å². The number of hydrogen-bond donors (Lipinski definition) is 1. The Bertz CT molecular complexity index is 1180. The van der Waals surface area contributed by atoms with Crippen LogP contribution < -0.4 is 9.62 Å². The van der Waals surface area contributed by atoms with E-state index in [1.807, 2.05) is 57.2 Å². The Labute approximate surface area is 195 Å². The van der Waals surface area contributed by atoms with Crippen LogP contribution in [0.15, 0.2) is 77.7 Å². The molecule has 0 saturated carbocycles. The van der Waals surface area contributed by atoms with E-state index in [4.69, 9.17) is 11.6 Å². The van der Waals surface area contributed by atoms with E-state index < -0.39 is 10.0 Å². The third-order valence-electron chi connectivity index (χ3n) is 5.41. The van der Waals surface area contributed by atoms with Crippen molar-refractivity contribution in [2.24, 2.45) is 0 Å². The molecule has 1 amide bonds. The molecule has 1 atom stereocenters. The summed E-state index contributed by atoms with van der Waals surface area (Å²) in [5, 5.41) is 3.41. The number of anilines is 1. The molecule has 1 unspecified atom stereocenters. The van der Waals surface area contributed by atoms with Crippen LogP contribution in [0, 0.1) is 13.8 Å². The molecule has 0 heterocycles. The number of nitrogens with one attached hydrogen (secondary N) is 1. The minimum absolute atomic E-state index is 0.0722. The van der Waals surface area contributed by atoms with Crippen molar-refractivity contribution in [3.05, 3.63) is 94.5 Å². The lowest BCUT2D eigenvalue weighted by Gasteiger charge is -2.26. The van der Waals surface area contributed by atoms with Crippen LogP contribution in [0.1, 0.15) is 36.1 Å². The van der Waals surface area contributed by atoms with Gasteiger partial charge in [-0.25, -0.2) is 8.42 Å². The minimum Gasteiger partial charge on any atom is -0.348 e. The van der Waals surface area contributed by atoms with Gasteiger partial charge >= 0.3 is 0 Å². The second-order valence-corrected chi connectivity index (χ2v) is 9.97. The van der Waals surface area contributed by atoms with Gasteiger partial charge in [0.2, 0.25) is 5.91 Å². The molecule has 7 heteroatoms. The van der Waals surface area contributed by atoms with E-state index in [2.05, 4.69) is 5.32 Å². The predicted molar refractivity (Wildman–Crippen MR) is 130 cm³/mol. The van der Waals surface area contributed by atoms with Gasteiger partial charge in [-0.05, 0) is 73.4 Å². The lowest BCUT2D eigenvalue weighted by atomic mass is 10.0. The van der Waals surface area contributed by atoms with Crippen molar-refractivity contribution in [2.45, 2.75) is 38.1 Å². The van der Waals surface area contributed by atoms with Gasteiger partial charge in [-0.15, -0.1) is 0 Å². The Morgan fingerprint density at radius 3 is 2.22 bits per heavy atom. The van der Waals surface area contributed by atoms with Gasteiger partial charge in [0.25, 0.3) is 10.0 Å². The lowest BCUT2D eigenvalue weighted by Crippen LogP contribution is -2.42. The molecule has 0 spiro atoms. The average Bonchev–Trinajstić information content (AvgIpc) is 2.78. The molecule has 0 aliphatic rings. The number of carbonyl (C=O) groups is 1. The van der Waals surface area contributed by atoms with E-state index >= 15 is 0 Å². The van der Waals surface area contributed by atoms with Gasteiger partial charge in [0.1, 0.15) is 6.54 Å². The normalized spacial score (nSPS) is 12.2. The highest BCUT2D eigenvalue weighted by Crippen LogP contribution is 2.27. The highest BCUT2D eigenvalue weighted by Gasteiger charge is 2.28. The fourth-order valence-corrected chi connectivity index (χ4v) is 4.95. The molecule has 3 aromatic carbocycles. The second kappa shape index (κ2) is 10.2. The number of benzene rings is 3. The highest BCUT2D eigenvalue weighted by atomic mass is 35.5. The first kappa shape index (κ1) is 23.8.